The third-order valence-corrected chi connectivity index (χ3v) is 1.24. The molecule has 0 aliphatic rings. The van der Waals surface area contributed by atoms with Crippen LogP contribution in [0.4, 0.5) is 4.79 Å². The molecular formula is C10H14NO4. The van der Waals surface area contributed by atoms with E-state index in [1.807, 2.05) is 0 Å². The van der Waals surface area contributed by atoms with Crippen LogP contribution in [0.2, 0.25) is 0 Å². The van der Waals surface area contributed by atoms with E-state index >= 15 is 0 Å². The topological polar surface area (TPSA) is 55.8 Å². The number of rotatable bonds is 3. The van der Waals surface area contributed by atoms with E-state index in [-0.39, 0.29) is 17.9 Å². The van der Waals surface area contributed by atoms with Crippen LogP contribution in [0.25, 0.3) is 0 Å². The lowest BCUT2D eigenvalue weighted by Gasteiger charge is -2.19. The Balaban J connectivity index is 4.55. The first-order valence-electron chi connectivity index (χ1n) is 4.25. The Kier molecular flexibility index (Phi) is 5.15. The zero-order chi connectivity index (χ0) is 12.0. The molecule has 0 aliphatic heterocycles. The minimum Gasteiger partial charge on any atom is -0.447 e. The average molecular weight is 212 g/mol. The van der Waals surface area contributed by atoms with Crippen molar-refractivity contribution in [1.29, 1.82) is 0 Å². The molecule has 0 aliphatic carbocycles. The van der Waals surface area contributed by atoms with Gasteiger partial charge in [-0.1, -0.05) is 13.2 Å². The molecule has 0 unspecified atom stereocenters. The second-order valence-corrected chi connectivity index (χ2v) is 2.72. The zero-order valence-corrected chi connectivity index (χ0v) is 8.91. The van der Waals surface area contributed by atoms with Gasteiger partial charge < -0.3 is 9.57 Å². The number of nitrogens with zero attached hydrogens (tertiary/aromatic N) is 1. The number of ether oxygens (including phenoxy) is 1. The predicted molar refractivity (Wildman–Crippen MR) is 54.3 cm³/mol. The second-order valence-electron chi connectivity index (χ2n) is 2.72. The van der Waals surface area contributed by atoms with Crippen LogP contribution in [0.5, 0.6) is 0 Å². The molecule has 0 fully saturated rings. The van der Waals surface area contributed by atoms with Crippen molar-refractivity contribution >= 4 is 12.1 Å². The zero-order valence-electron chi connectivity index (χ0n) is 8.91. The standard InChI is InChI=1S/C10H14NO4/c1-6-14-10(13)11(8(4)5)15-9(12)7(2)3/h2,4-6H2,1,3H3. The van der Waals surface area contributed by atoms with Crippen LogP contribution < -0.4 is 0 Å². The Bertz CT molecular complexity index is 296. The van der Waals surface area contributed by atoms with Gasteiger partial charge in [-0.25, -0.2) is 9.59 Å². The van der Waals surface area contributed by atoms with Gasteiger partial charge in [-0.05, 0) is 20.8 Å². The molecular weight excluding hydrogens is 198 g/mol. The van der Waals surface area contributed by atoms with Gasteiger partial charge in [0, 0.05) is 5.57 Å². The molecule has 0 bridgehead atoms. The van der Waals surface area contributed by atoms with Crippen molar-refractivity contribution in [3.63, 3.8) is 0 Å². The highest BCUT2D eigenvalue weighted by Gasteiger charge is 2.20. The monoisotopic (exact) mass is 212 g/mol. The molecule has 83 valence electrons. The summed E-state index contributed by atoms with van der Waals surface area (Å²) in [4.78, 5) is 27.0. The normalized spacial score (nSPS) is 9.00. The summed E-state index contributed by atoms with van der Waals surface area (Å²) in [5.41, 5.74) is 0.161. The molecule has 0 aromatic carbocycles. The Morgan fingerprint density at radius 3 is 2.20 bits per heavy atom. The summed E-state index contributed by atoms with van der Waals surface area (Å²) in [6.07, 6.45) is -0.841. The lowest BCUT2D eigenvalue weighted by Crippen LogP contribution is -2.32. The number of hydrogen-bond donors (Lipinski definition) is 0. The summed E-state index contributed by atoms with van der Waals surface area (Å²) in [5, 5.41) is 0.584. The molecule has 0 rings (SSSR count). The van der Waals surface area contributed by atoms with Crippen molar-refractivity contribution in [2.45, 2.75) is 13.8 Å². The van der Waals surface area contributed by atoms with Crippen molar-refractivity contribution in [3.8, 4) is 0 Å². The summed E-state index contributed by atoms with van der Waals surface area (Å²) in [6, 6.07) is 0. The number of amides is 1. The van der Waals surface area contributed by atoms with Crippen molar-refractivity contribution < 1.29 is 19.2 Å². The number of carbonyl (C=O) groups excluding carboxylic acids is 2. The van der Waals surface area contributed by atoms with Crippen molar-refractivity contribution in [1.82, 2.24) is 5.06 Å². The van der Waals surface area contributed by atoms with Gasteiger partial charge in [0.05, 0.1) is 12.3 Å². The molecule has 0 saturated carbocycles. The maximum atomic E-state index is 11.2. The van der Waals surface area contributed by atoms with Crippen LogP contribution in [0.3, 0.4) is 0 Å². The first-order valence-corrected chi connectivity index (χ1v) is 4.25. The third-order valence-electron chi connectivity index (χ3n) is 1.24. The molecule has 0 saturated heterocycles. The van der Waals surface area contributed by atoms with E-state index in [2.05, 4.69) is 29.7 Å². The van der Waals surface area contributed by atoms with Crippen LogP contribution in [0.1, 0.15) is 13.8 Å². The molecule has 0 aromatic rings. The molecule has 15 heavy (non-hydrogen) atoms. The second kappa shape index (κ2) is 5.85. The number of allylic oxidation sites excluding steroid dienone is 1. The fraction of sp³-hybridized carbons (Fsp3) is 0.300. The Hall–Kier alpha value is -1.78. The smallest absolute Gasteiger partial charge is 0.447 e. The van der Waals surface area contributed by atoms with Gasteiger partial charge in [-0.3, -0.25) is 0 Å². The molecule has 1 radical (unpaired) electrons. The summed E-state index contributed by atoms with van der Waals surface area (Å²) in [6.45, 7) is 13.4. The largest absolute Gasteiger partial charge is 0.447 e. The minimum atomic E-state index is -0.841. The Morgan fingerprint density at radius 1 is 1.33 bits per heavy atom. The quantitative estimate of drug-likeness (QED) is 0.529. The van der Waals surface area contributed by atoms with Crippen molar-refractivity contribution in [2.75, 3.05) is 6.61 Å². The molecule has 0 spiro atoms. The average Bonchev–Trinajstić information content (AvgIpc) is 2.13. The third kappa shape index (κ3) is 4.30. The summed E-state index contributed by atoms with van der Waals surface area (Å²) in [5.74, 6) is -0.743. The lowest BCUT2D eigenvalue weighted by atomic mass is 10.4. The van der Waals surface area contributed by atoms with Crippen molar-refractivity contribution in [3.05, 3.63) is 31.4 Å². The first-order chi connectivity index (χ1) is 6.90. The van der Waals surface area contributed by atoms with Gasteiger partial charge in [0.25, 0.3) is 0 Å². The highest BCUT2D eigenvalue weighted by molar-refractivity contribution is 5.87. The van der Waals surface area contributed by atoms with Crippen LogP contribution in [0, 0.1) is 6.92 Å². The van der Waals surface area contributed by atoms with Gasteiger partial charge in [0.2, 0.25) is 0 Å². The van der Waals surface area contributed by atoms with Crippen LogP contribution in [-0.2, 0) is 14.4 Å². The van der Waals surface area contributed by atoms with Crippen LogP contribution >= 0.6 is 0 Å². The lowest BCUT2D eigenvalue weighted by molar-refractivity contribution is -0.168. The fourth-order valence-electron chi connectivity index (χ4n) is 0.574. The van der Waals surface area contributed by atoms with Crippen LogP contribution in [-0.4, -0.2) is 23.7 Å². The number of hydrogen-bond acceptors (Lipinski definition) is 4. The molecule has 5 heteroatoms. The van der Waals surface area contributed by atoms with E-state index in [9.17, 15) is 9.59 Å². The van der Waals surface area contributed by atoms with Gasteiger partial charge in [0.15, 0.2) is 0 Å². The van der Waals surface area contributed by atoms with Gasteiger partial charge in [0.1, 0.15) is 0 Å². The van der Waals surface area contributed by atoms with E-state index in [1.165, 1.54) is 6.92 Å². The van der Waals surface area contributed by atoms with Crippen molar-refractivity contribution in [2.24, 2.45) is 0 Å². The number of hydroxylamine groups is 2. The molecule has 0 N–H and O–H groups in total. The Labute approximate surface area is 88.9 Å². The summed E-state index contributed by atoms with van der Waals surface area (Å²) in [7, 11) is 0. The summed E-state index contributed by atoms with van der Waals surface area (Å²) >= 11 is 0. The number of carbonyl (C=O) groups is 2. The fourth-order valence-corrected chi connectivity index (χ4v) is 0.574. The maximum absolute atomic E-state index is 11.2. The van der Waals surface area contributed by atoms with Gasteiger partial charge in [-0.2, -0.15) is 0 Å². The van der Waals surface area contributed by atoms with Gasteiger partial charge in [-0.15, -0.1) is 5.06 Å². The molecule has 5 nitrogen and oxygen atoms in total. The molecule has 0 aromatic heterocycles. The summed E-state index contributed by atoms with van der Waals surface area (Å²) < 4.78 is 4.63. The molecule has 0 heterocycles. The minimum absolute atomic E-state index is 0.00282. The molecule has 1 amide bonds. The SMILES string of the molecule is [CH2]C(=C)N(OC(=O)C(=C)C)C(=O)OCC. The molecule has 0 atom stereocenters. The van der Waals surface area contributed by atoms with E-state index in [4.69, 9.17) is 0 Å². The highest BCUT2D eigenvalue weighted by atomic mass is 16.8. The maximum Gasteiger partial charge on any atom is 0.447 e. The van der Waals surface area contributed by atoms with E-state index in [0.717, 1.165) is 0 Å². The van der Waals surface area contributed by atoms with E-state index in [0.29, 0.717) is 5.06 Å². The van der Waals surface area contributed by atoms with E-state index in [1.54, 1.807) is 6.92 Å². The van der Waals surface area contributed by atoms with Gasteiger partial charge >= 0.3 is 12.1 Å². The Morgan fingerprint density at radius 2 is 1.87 bits per heavy atom. The predicted octanol–water partition coefficient (Wildman–Crippen LogP) is 1.83. The first kappa shape index (κ1) is 13.2. The van der Waals surface area contributed by atoms with Crippen LogP contribution in [0.15, 0.2) is 24.4 Å². The van der Waals surface area contributed by atoms with E-state index < -0.39 is 12.1 Å². The highest BCUT2D eigenvalue weighted by Crippen LogP contribution is 2.07.